The first kappa shape index (κ1) is 24.7. The number of rotatable bonds is 9. The van der Waals surface area contributed by atoms with Gasteiger partial charge in [-0.1, -0.05) is 66.4 Å². The minimum Gasteiger partial charge on any atom is -0.319 e. The molecule has 0 fully saturated rings. The van der Waals surface area contributed by atoms with Gasteiger partial charge in [0.05, 0.1) is 26.9 Å². The summed E-state index contributed by atoms with van der Waals surface area (Å²) >= 11 is 2.69. The van der Waals surface area contributed by atoms with Crippen molar-refractivity contribution in [2.24, 2.45) is 0 Å². The highest BCUT2D eigenvalue weighted by Gasteiger charge is 2.21. The van der Waals surface area contributed by atoms with Crippen molar-refractivity contribution in [1.82, 2.24) is 14.5 Å². The second kappa shape index (κ2) is 10.9. The number of non-ortho nitro benzene ring substituents is 1. The lowest BCUT2D eigenvalue weighted by molar-refractivity contribution is -0.384. The zero-order valence-corrected chi connectivity index (χ0v) is 21.5. The maximum absolute atomic E-state index is 13.0. The van der Waals surface area contributed by atoms with Gasteiger partial charge in [-0.2, -0.15) is 0 Å². The van der Waals surface area contributed by atoms with Gasteiger partial charge in [0.15, 0.2) is 10.3 Å². The van der Waals surface area contributed by atoms with Crippen LogP contribution in [-0.2, 0) is 17.8 Å². The Morgan fingerprint density at radius 1 is 1.08 bits per heavy atom. The average Bonchev–Trinajstić information content (AvgIpc) is 3.52. The fourth-order valence-electron chi connectivity index (χ4n) is 3.91. The number of aromatic nitrogens is 3. The van der Waals surface area contributed by atoms with Gasteiger partial charge in [0.2, 0.25) is 5.91 Å². The van der Waals surface area contributed by atoms with Crippen LogP contribution in [0.1, 0.15) is 12.5 Å². The van der Waals surface area contributed by atoms with Crippen molar-refractivity contribution < 1.29 is 9.72 Å². The quantitative estimate of drug-likeness (QED) is 0.134. The SMILES string of the molecule is C[C@@H](Sc1nc2ccccc2n1CCc1ccccc1)C(=O)Nc1nc(-c2cccc([N+](=O)[O-])c2)cs1. The Hall–Kier alpha value is -4.02. The van der Waals surface area contributed by atoms with E-state index >= 15 is 0 Å². The highest BCUT2D eigenvalue weighted by molar-refractivity contribution is 8.00. The number of nitrogens with one attached hydrogen (secondary N) is 1. The van der Waals surface area contributed by atoms with Crippen molar-refractivity contribution in [1.29, 1.82) is 0 Å². The summed E-state index contributed by atoms with van der Waals surface area (Å²) in [5, 5.41) is 16.5. The molecule has 0 saturated heterocycles. The zero-order chi connectivity index (χ0) is 25.8. The van der Waals surface area contributed by atoms with Gasteiger partial charge in [0, 0.05) is 29.6 Å². The fourth-order valence-corrected chi connectivity index (χ4v) is 5.58. The third kappa shape index (κ3) is 5.71. The molecule has 2 aromatic heterocycles. The molecule has 8 nitrogen and oxygen atoms in total. The van der Waals surface area contributed by atoms with Gasteiger partial charge in [-0.05, 0) is 31.0 Å². The van der Waals surface area contributed by atoms with E-state index in [1.807, 2.05) is 49.4 Å². The number of imidazole rings is 1. The van der Waals surface area contributed by atoms with Crippen molar-refractivity contribution in [3.05, 3.63) is 99.9 Å². The molecule has 1 N–H and O–H groups in total. The van der Waals surface area contributed by atoms with Crippen LogP contribution in [0.4, 0.5) is 10.8 Å². The van der Waals surface area contributed by atoms with Gasteiger partial charge in [0.25, 0.3) is 5.69 Å². The standard InChI is InChI=1S/C27H23N5O3S2/c1-18(25(33)30-26-28-23(17-36-26)20-10-7-11-21(16-20)32(34)35)37-27-29-22-12-5-6-13-24(22)31(27)15-14-19-8-3-2-4-9-19/h2-13,16-18H,14-15H2,1H3,(H,28,30,33)/t18-/m1/s1. The number of nitrogens with zero attached hydrogens (tertiary/aromatic N) is 4. The van der Waals surface area contributed by atoms with E-state index in [-0.39, 0.29) is 11.6 Å². The van der Waals surface area contributed by atoms with Crippen LogP contribution in [0.25, 0.3) is 22.3 Å². The van der Waals surface area contributed by atoms with Crippen LogP contribution in [0.5, 0.6) is 0 Å². The number of nitro groups is 1. The molecule has 37 heavy (non-hydrogen) atoms. The summed E-state index contributed by atoms with van der Waals surface area (Å²) in [5.74, 6) is -0.188. The average molecular weight is 530 g/mol. The van der Waals surface area contributed by atoms with Gasteiger partial charge in [-0.15, -0.1) is 11.3 Å². The number of aryl methyl sites for hydroxylation is 2. The monoisotopic (exact) mass is 529 g/mol. The van der Waals surface area contributed by atoms with Crippen LogP contribution in [0, 0.1) is 10.1 Å². The highest BCUT2D eigenvalue weighted by atomic mass is 32.2. The number of hydrogen-bond donors (Lipinski definition) is 1. The van der Waals surface area contributed by atoms with Crippen LogP contribution < -0.4 is 5.32 Å². The Morgan fingerprint density at radius 2 is 1.86 bits per heavy atom. The van der Waals surface area contributed by atoms with Crippen LogP contribution in [-0.4, -0.2) is 30.6 Å². The largest absolute Gasteiger partial charge is 0.319 e. The van der Waals surface area contributed by atoms with E-state index in [9.17, 15) is 14.9 Å². The van der Waals surface area contributed by atoms with E-state index in [0.717, 1.165) is 29.2 Å². The van der Waals surface area contributed by atoms with Crippen molar-refractivity contribution in [3.8, 4) is 11.3 Å². The van der Waals surface area contributed by atoms with Gasteiger partial charge >= 0.3 is 0 Å². The molecule has 1 amide bonds. The number of para-hydroxylation sites is 2. The van der Waals surface area contributed by atoms with Gasteiger partial charge in [-0.25, -0.2) is 9.97 Å². The number of fused-ring (bicyclic) bond motifs is 1. The molecule has 0 unspecified atom stereocenters. The highest BCUT2D eigenvalue weighted by Crippen LogP contribution is 2.30. The number of carbonyl (C=O) groups excluding carboxylic acids is 1. The van der Waals surface area contributed by atoms with Crippen LogP contribution in [0.2, 0.25) is 0 Å². The number of thioether (sulfide) groups is 1. The first-order valence-corrected chi connectivity index (χ1v) is 13.4. The van der Waals surface area contributed by atoms with Gasteiger partial charge in [-0.3, -0.25) is 14.9 Å². The van der Waals surface area contributed by atoms with Crippen molar-refractivity contribution >= 4 is 50.9 Å². The third-order valence-corrected chi connectivity index (χ3v) is 7.67. The molecule has 0 spiro atoms. The molecular weight excluding hydrogens is 506 g/mol. The summed E-state index contributed by atoms with van der Waals surface area (Å²) in [5.41, 5.74) is 4.37. The summed E-state index contributed by atoms with van der Waals surface area (Å²) in [7, 11) is 0. The lowest BCUT2D eigenvalue weighted by Crippen LogP contribution is -2.23. The Kier molecular flexibility index (Phi) is 7.29. The number of carbonyl (C=O) groups is 1. The fraction of sp³-hybridized carbons (Fsp3) is 0.148. The molecule has 1 atom stereocenters. The van der Waals surface area contributed by atoms with Crippen molar-refractivity contribution in [2.45, 2.75) is 30.3 Å². The molecule has 0 aliphatic rings. The Bertz CT molecular complexity index is 1560. The molecule has 5 rings (SSSR count). The maximum Gasteiger partial charge on any atom is 0.270 e. The molecule has 3 aromatic carbocycles. The summed E-state index contributed by atoms with van der Waals surface area (Å²) < 4.78 is 2.17. The predicted molar refractivity (Wildman–Crippen MR) is 148 cm³/mol. The second-order valence-corrected chi connectivity index (χ2v) is 10.5. The number of benzene rings is 3. The number of thiazole rings is 1. The Morgan fingerprint density at radius 3 is 2.68 bits per heavy atom. The van der Waals surface area contributed by atoms with Crippen LogP contribution in [0.3, 0.4) is 0 Å². The molecule has 0 saturated carbocycles. The molecule has 0 aliphatic carbocycles. The molecule has 186 valence electrons. The lowest BCUT2D eigenvalue weighted by atomic mass is 10.1. The molecule has 2 heterocycles. The third-order valence-electron chi connectivity index (χ3n) is 5.82. The Labute approximate surface area is 221 Å². The summed E-state index contributed by atoms with van der Waals surface area (Å²) in [6.45, 7) is 2.59. The van der Waals surface area contributed by atoms with E-state index in [0.29, 0.717) is 16.4 Å². The Balaban J connectivity index is 1.29. The normalized spacial score (nSPS) is 11.9. The molecule has 0 aliphatic heterocycles. The first-order chi connectivity index (χ1) is 18.0. The van der Waals surface area contributed by atoms with Crippen LogP contribution in [0.15, 0.2) is 89.4 Å². The molecule has 0 bridgehead atoms. The van der Waals surface area contributed by atoms with Crippen molar-refractivity contribution in [3.63, 3.8) is 0 Å². The first-order valence-electron chi connectivity index (χ1n) is 11.6. The lowest BCUT2D eigenvalue weighted by Gasteiger charge is -2.13. The molecule has 5 aromatic rings. The summed E-state index contributed by atoms with van der Waals surface area (Å²) in [6, 6.07) is 24.6. The number of anilines is 1. The van der Waals surface area contributed by atoms with E-state index in [4.69, 9.17) is 4.98 Å². The van der Waals surface area contributed by atoms with Gasteiger partial charge < -0.3 is 9.88 Å². The molecule has 10 heteroatoms. The second-order valence-electron chi connectivity index (χ2n) is 8.36. The summed E-state index contributed by atoms with van der Waals surface area (Å²) in [6.07, 6.45) is 0.856. The smallest absolute Gasteiger partial charge is 0.270 e. The number of nitro benzene ring substituents is 1. The van der Waals surface area contributed by atoms with E-state index in [1.54, 1.807) is 17.5 Å². The van der Waals surface area contributed by atoms with E-state index in [2.05, 4.69) is 27.0 Å². The number of hydrogen-bond acceptors (Lipinski definition) is 7. The van der Waals surface area contributed by atoms with E-state index in [1.165, 1.54) is 40.8 Å². The minimum absolute atomic E-state index is 0.00346. The van der Waals surface area contributed by atoms with Crippen LogP contribution >= 0.6 is 23.1 Å². The minimum atomic E-state index is -0.440. The number of amides is 1. The summed E-state index contributed by atoms with van der Waals surface area (Å²) in [4.78, 5) is 32.9. The maximum atomic E-state index is 13.0. The van der Waals surface area contributed by atoms with Gasteiger partial charge in [0.1, 0.15) is 0 Å². The topological polar surface area (TPSA) is 103 Å². The zero-order valence-electron chi connectivity index (χ0n) is 19.9. The molecular formula is C27H23N5O3S2. The van der Waals surface area contributed by atoms with Crippen molar-refractivity contribution in [2.75, 3.05) is 5.32 Å². The van der Waals surface area contributed by atoms with E-state index < -0.39 is 10.2 Å². The molecule has 0 radical (unpaired) electrons. The predicted octanol–water partition coefficient (Wildman–Crippen LogP) is 6.43.